The predicted molar refractivity (Wildman–Crippen MR) is 58.6 cm³/mol. The van der Waals surface area contributed by atoms with Crippen LogP contribution in [0.1, 0.15) is 19.4 Å². The van der Waals surface area contributed by atoms with Gasteiger partial charge >= 0.3 is 0 Å². The molecule has 1 rings (SSSR count). The zero-order valence-corrected chi connectivity index (χ0v) is 8.73. The van der Waals surface area contributed by atoms with Gasteiger partial charge in [0, 0.05) is 0 Å². The van der Waals surface area contributed by atoms with Crippen molar-refractivity contribution in [1.82, 2.24) is 5.32 Å². The van der Waals surface area contributed by atoms with Crippen molar-refractivity contribution in [2.24, 2.45) is 0 Å². The predicted octanol–water partition coefficient (Wildman–Crippen LogP) is 2.67. The second-order valence-electron chi connectivity index (χ2n) is 3.11. The first-order valence-corrected chi connectivity index (χ1v) is 4.85. The molecule has 0 aliphatic rings. The molecule has 1 N–H and O–H groups in total. The average Bonchev–Trinajstić information content (AvgIpc) is 2.25. The van der Waals surface area contributed by atoms with E-state index in [-0.39, 0.29) is 6.23 Å². The summed E-state index contributed by atoms with van der Waals surface area (Å²) in [7, 11) is 0. The zero-order chi connectivity index (χ0) is 10.2. The third-order valence-corrected chi connectivity index (χ3v) is 1.84. The van der Waals surface area contributed by atoms with E-state index in [1.807, 2.05) is 44.3 Å². The maximum absolute atomic E-state index is 5.57. The van der Waals surface area contributed by atoms with E-state index < -0.39 is 0 Å². The fraction of sp³-hybridized carbons (Fsp3) is 0.333. The summed E-state index contributed by atoms with van der Waals surface area (Å²) < 4.78 is 5.57. The first-order valence-electron chi connectivity index (χ1n) is 4.85. The summed E-state index contributed by atoms with van der Waals surface area (Å²) in [6.45, 7) is 4.60. The van der Waals surface area contributed by atoms with Crippen LogP contribution in [0, 0.1) is 0 Å². The highest BCUT2D eigenvalue weighted by molar-refractivity contribution is 5.13. The minimum Gasteiger partial charge on any atom is -0.367 e. The topological polar surface area (TPSA) is 21.3 Å². The fourth-order valence-electron chi connectivity index (χ4n) is 1.08. The quantitative estimate of drug-likeness (QED) is 0.722. The van der Waals surface area contributed by atoms with Crippen molar-refractivity contribution in [3.8, 4) is 0 Å². The normalized spacial score (nSPS) is 13.0. The molecule has 1 unspecified atom stereocenters. The van der Waals surface area contributed by atoms with E-state index in [0.29, 0.717) is 6.61 Å². The molecule has 0 fully saturated rings. The van der Waals surface area contributed by atoms with Crippen molar-refractivity contribution < 1.29 is 4.74 Å². The molecule has 0 spiro atoms. The second-order valence-corrected chi connectivity index (χ2v) is 3.11. The van der Waals surface area contributed by atoms with Gasteiger partial charge in [-0.3, -0.25) is 0 Å². The molecule has 0 amide bonds. The molecule has 0 aliphatic heterocycles. The SMILES string of the molecule is C/C=C\NC(C)OCc1ccccc1. The molecule has 1 aromatic carbocycles. The van der Waals surface area contributed by atoms with Crippen molar-refractivity contribution in [3.63, 3.8) is 0 Å². The van der Waals surface area contributed by atoms with Crippen LogP contribution in [0.15, 0.2) is 42.6 Å². The van der Waals surface area contributed by atoms with E-state index in [9.17, 15) is 0 Å². The third-order valence-electron chi connectivity index (χ3n) is 1.84. The van der Waals surface area contributed by atoms with Gasteiger partial charge in [0.15, 0.2) is 0 Å². The molecule has 1 aromatic rings. The lowest BCUT2D eigenvalue weighted by atomic mass is 10.2. The van der Waals surface area contributed by atoms with Crippen molar-refractivity contribution in [1.29, 1.82) is 0 Å². The van der Waals surface area contributed by atoms with Gasteiger partial charge in [-0.05, 0) is 25.6 Å². The van der Waals surface area contributed by atoms with Crippen LogP contribution in [-0.2, 0) is 11.3 Å². The molecule has 76 valence electrons. The van der Waals surface area contributed by atoms with Gasteiger partial charge in [0.25, 0.3) is 0 Å². The van der Waals surface area contributed by atoms with E-state index in [1.54, 1.807) is 0 Å². The van der Waals surface area contributed by atoms with E-state index in [2.05, 4.69) is 17.4 Å². The third kappa shape index (κ3) is 4.10. The molecule has 0 radical (unpaired) electrons. The lowest BCUT2D eigenvalue weighted by Crippen LogP contribution is -2.23. The highest BCUT2D eigenvalue weighted by Crippen LogP contribution is 2.01. The Morgan fingerprint density at radius 2 is 2.07 bits per heavy atom. The van der Waals surface area contributed by atoms with Gasteiger partial charge < -0.3 is 10.1 Å². The molecule has 0 saturated carbocycles. The van der Waals surface area contributed by atoms with Crippen molar-refractivity contribution in [3.05, 3.63) is 48.2 Å². The molecule has 0 aliphatic carbocycles. The van der Waals surface area contributed by atoms with Crippen LogP contribution in [0.4, 0.5) is 0 Å². The first-order chi connectivity index (χ1) is 6.83. The maximum Gasteiger partial charge on any atom is 0.124 e. The molecule has 0 saturated heterocycles. The molecular weight excluding hydrogens is 174 g/mol. The van der Waals surface area contributed by atoms with E-state index in [1.165, 1.54) is 5.56 Å². The van der Waals surface area contributed by atoms with Crippen LogP contribution in [0.5, 0.6) is 0 Å². The number of nitrogens with one attached hydrogen (secondary N) is 1. The fourth-order valence-corrected chi connectivity index (χ4v) is 1.08. The summed E-state index contributed by atoms with van der Waals surface area (Å²) in [5.74, 6) is 0. The van der Waals surface area contributed by atoms with Gasteiger partial charge in [0.2, 0.25) is 0 Å². The van der Waals surface area contributed by atoms with Gasteiger partial charge in [-0.25, -0.2) is 0 Å². The molecular formula is C12H17NO. The van der Waals surface area contributed by atoms with Gasteiger partial charge in [0.05, 0.1) is 6.61 Å². The first kappa shape index (κ1) is 10.8. The minimum atomic E-state index is 0.0476. The Bertz CT molecular complexity index is 269. The van der Waals surface area contributed by atoms with Crippen molar-refractivity contribution in [2.75, 3.05) is 0 Å². The van der Waals surface area contributed by atoms with Gasteiger partial charge in [0.1, 0.15) is 6.23 Å². The monoisotopic (exact) mass is 191 g/mol. The Morgan fingerprint density at radius 1 is 1.36 bits per heavy atom. The van der Waals surface area contributed by atoms with Gasteiger partial charge in [-0.2, -0.15) is 0 Å². The van der Waals surface area contributed by atoms with E-state index in [0.717, 1.165) is 0 Å². The number of ether oxygens (including phenoxy) is 1. The Balaban J connectivity index is 2.27. The molecule has 0 aromatic heterocycles. The van der Waals surface area contributed by atoms with Crippen LogP contribution in [0.25, 0.3) is 0 Å². The van der Waals surface area contributed by atoms with Crippen LogP contribution in [0.2, 0.25) is 0 Å². The number of hydrogen-bond acceptors (Lipinski definition) is 2. The van der Waals surface area contributed by atoms with Crippen molar-refractivity contribution >= 4 is 0 Å². The minimum absolute atomic E-state index is 0.0476. The Labute approximate surface area is 85.6 Å². The molecule has 0 heterocycles. The summed E-state index contributed by atoms with van der Waals surface area (Å²) >= 11 is 0. The Hall–Kier alpha value is -1.28. The summed E-state index contributed by atoms with van der Waals surface area (Å²) in [5, 5.41) is 3.10. The largest absolute Gasteiger partial charge is 0.367 e. The van der Waals surface area contributed by atoms with Gasteiger partial charge in [-0.15, -0.1) is 0 Å². The standard InChI is InChI=1S/C12H17NO/c1-3-9-13-11(2)14-10-12-7-5-4-6-8-12/h3-9,11,13H,10H2,1-2H3/b9-3-. The van der Waals surface area contributed by atoms with Crippen LogP contribution in [0.3, 0.4) is 0 Å². The molecule has 14 heavy (non-hydrogen) atoms. The summed E-state index contributed by atoms with van der Waals surface area (Å²) in [6.07, 6.45) is 3.88. The summed E-state index contributed by atoms with van der Waals surface area (Å²) in [6, 6.07) is 10.2. The molecule has 1 atom stereocenters. The second kappa shape index (κ2) is 6.22. The summed E-state index contributed by atoms with van der Waals surface area (Å²) in [5.41, 5.74) is 1.20. The van der Waals surface area contributed by atoms with Crippen LogP contribution < -0.4 is 5.32 Å². The number of allylic oxidation sites excluding steroid dienone is 1. The summed E-state index contributed by atoms with van der Waals surface area (Å²) in [4.78, 5) is 0. The maximum atomic E-state index is 5.57. The Kier molecular flexibility index (Phi) is 4.79. The van der Waals surface area contributed by atoms with Crippen LogP contribution >= 0.6 is 0 Å². The molecule has 0 bridgehead atoms. The smallest absolute Gasteiger partial charge is 0.124 e. The van der Waals surface area contributed by atoms with Crippen LogP contribution in [-0.4, -0.2) is 6.23 Å². The highest BCUT2D eigenvalue weighted by Gasteiger charge is 1.97. The molecule has 2 heteroatoms. The number of benzene rings is 1. The van der Waals surface area contributed by atoms with Gasteiger partial charge in [-0.1, -0.05) is 36.4 Å². The highest BCUT2D eigenvalue weighted by atomic mass is 16.5. The number of rotatable bonds is 5. The molecule has 2 nitrogen and oxygen atoms in total. The van der Waals surface area contributed by atoms with Crippen molar-refractivity contribution in [2.45, 2.75) is 26.7 Å². The average molecular weight is 191 g/mol. The lowest BCUT2D eigenvalue weighted by Gasteiger charge is -2.12. The number of hydrogen-bond donors (Lipinski definition) is 1. The lowest BCUT2D eigenvalue weighted by molar-refractivity contribution is 0.0396. The Morgan fingerprint density at radius 3 is 2.71 bits per heavy atom. The van der Waals surface area contributed by atoms with E-state index >= 15 is 0 Å². The van der Waals surface area contributed by atoms with E-state index in [4.69, 9.17) is 4.74 Å². The zero-order valence-electron chi connectivity index (χ0n) is 8.73.